The average Bonchev–Trinajstić information content (AvgIpc) is 3.01. The van der Waals surface area contributed by atoms with Crippen molar-refractivity contribution in [1.29, 1.82) is 0 Å². The molecule has 21 heavy (non-hydrogen) atoms. The summed E-state index contributed by atoms with van der Waals surface area (Å²) in [6.07, 6.45) is 7.77. The number of aryl methyl sites for hydroxylation is 1. The number of rotatable bonds is 4. The Hall–Kier alpha value is -2.11. The number of hydrogen-bond acceptors (Lipinski definition) is 5. The van der Waals surface area contributed by atoms with Crippen LogP contribution < -0.4 is 9.64 Å². The zero-order valence-corrected chi connectivity index (χ0v) is 12.6. The molecule has 6 heteroatoms. The van der Waals surface area contributed by atoms with E-state index >= 15 is 0 Å². The number of anilines is 1. The summed E-state index contributed by atoms with van der Waals surface area (Å²) < 4.78 is 7.48. The van der Waals surface area contributed by atoms with Crippen molar-refractivity contribution in [1.82, 2.24) is 19.7 Å². The third-order valence-corrected chi connectivity index (χ3v) is 4.09. The van der Waals surface area contributed by atoms with Crippen molar-refractivity contribution in [3.8, 4) is 5.75 Å². The molecular weight excluding hydrogens is 266 g/mol. The van der Waals surface area contributed by atoms with Gasteiger partial charge in [0, 0.05) is 32.0 Å². The molecule has 2 aromatic heterocycles. The Balaban J connectivity index is 1.64. The third-order valence-electron chi connectivity index (χ3n) is 4.09. The van der Waals surface area contributed by atoms with Gasteiger partial charge >= 0.3 is 0 Å². The van der Waals surface area contributed by atoms with Crippen LogP contribution in [-0.4, -0.2) is 39.9 Å². The van der Waals surface area contributed by atoms with Crippen molar-refractivity contribution < 1.29 is 4.74 Å². The Labute approximate surface area is 124 Å². The Morgan fingerprint density at radius 1 is 1.29 bits per heavy atom. The number of hydrogen-bond donors (Lipinski definition) is 0. The summed E-state index contributed by atoms with van der Waals surface area (Å²) >= 11 is 0. The Morgan fingerprint density at radius 2 is 2.10 bits per heavy atom. The Kier molecular flexibility index (Phi) is 4.03. The molecule has 0 bridgehead atoms. The predicted molar refractivity (Wildman–Crippen MR) is 80.5 cm³/mol. The first-order valence-electron chi connectivity index (χ1n) is 7.36. The lowest BCUT2D eigenvalue weighted by Crippen LogP contribution is -2.36. The number of ether oxygens (including phenoxy) is 1. The van der Waals surface area contributed by atoms with Crippen LogP contribution in [0.15, 0.2) is 24.8 Å². The number of methoxy groups -OCH3 is 1. The van der Waals surface area contributed by atoms with Gasteiger partial charge in [-0.3, -0.25) is 4.68 Å². The van der Waals surface area contributed by atoms with Gasteiger partial charge in [0.25, 0.3) is 0 Å². The van der Waals surface area contributed by atoms with Gasteiger partial charge in [-0.1, -0.05) is 0 Å². The second-order valence-corrected chi connectivity index (χ2v) is 5.47. The summed E-state index contributed by atoms with van der Waals surface area (Å²) in [6.45, 7) is 4.95. The second kappa shape index (κ2) is 6.11. The molecule has 1 aliphatic rings. The molecule has 0 radical (unpaired) electrons. The van der Waals surface area contributed by atoms with E-state index in [2.05, 4.69) is 20.0 Å². The minimum absolute atomic E-state index is 0.676. The third kappa shape index (κ3) is 2.99. The monoisotopic (exact) mass is 287 g/mol. The highest BCUT2D eigenvalue weighted by Gasteiger charge is 2.23. The van der Waals surface area contributed by atoms with Crippen molar-refractivity contribution in [2.75, 3.05) is 25.1 Å². The summed E-state index contributed by atoms with van der Waals surface area (Å²) in [6, 6.07) is 1.98. The number of aromatic nitrogens is 4. The van der Waals surface area contributed by atoms with Gasteiger partial charge in [-0.05, 0) is 31.7 Å². The topological polar surface area (TPSA) is 56.1 Å². The van der Waals surface area contributed by atoms with E-state index in [1.807, 2.05) is 30.1 Å². The van der Waals surface area contributed by atoms with Crippen molar-refractivity contribution in [2.45, 2.75) is 26.3 Å². The van der Waals surface area contributed by atoms with Crippen molar-refractivity contribution >= 4 is 5.82 Å². The van der Waals surface area contributed by atoms with Gasteiger partial charge in [0.15, 0.2) is 11.6 Å². The van der Waals surface area contributed by atoms with Crippen LogP contribution >= 0.6 is 0 Å². The molecule has 112 valence electrons. The van der Waals surface area contributed by atoms with Gasteiger partial charge in [0.05, 0.1) is 12.8 Å². The van der Waals surface area contributed by atoms with Gasteiger partial charge in [-0.25, -0.2) is 9.97 Å². The van der Waals surface area contributed by atoms with Crippen LogP contribution in [0, 0.1) is 12.8 Å². The van der Waals surface area contributed by atoms with E-state index in [4.69, 9.17) is 4.74 Å². The lowest BCUT2D eigenvalue weighted by atomic mass is 9.97. The molecule has 0 amide bonds. The fourth-order valence-corrected chi connectivity index (χ4v) is 2.91. The lowest BCUT2D eigenvalue weighted by molar-refractivity contribution is 0.338. The van der Waals surface area contributed by atoms with Crippen molar-refractivity contribution in [3.63, 3.8) is 0 Å². The van der Waals surface area contributed by atoms with Crippen LogP contribution in [0.25, 0.3) is 0 Å². The van der Waals surface area contributed by atoms with E-state index in [1.54, 1.807) is 13.4 Å². The molecule has 1 aliphatic heterocycles. The zero-order valence-electron chi connectivity index (χ0n) is 12.6. The smallest absolute Gasteiger partial charge is 0.182 e. The number of piperidine rings is 1. The largest absolute Gasteiger partial charge is 0.491 e. The van der Waals surface area contributed by atoms with Crippen LogP contribution in [0.2, 0.25) is 0 Å². The summed E-state index contributed by atoms with van der Waals surface area (Å²) in [5.74, 6) is 2.39. The molecule has 0 aliphatic carbocycles. The highest BCUT2D eigenvalue weighted by Crippen LogP contribution is 2.31. The second-order valence-electron chi connectivity index (χ2n) is 5.47. The average molecular weight is 287 g/mol. The quantitative estimate of drug-likeness (QED) is 0.859. The molecule has 3 heterocycles. The minimum Gasteiger partial charge on any atom is -0.491 e. The Bertz CT molecular complexity index is 576. The first-order chi connectivity index (χ1) is 10.3. The van der Waals surface area contributed by atoms with Gasteiger partial charge < -0.3 is 9.64 Å². The van der Waals surface area contributed by atoms with Crippen molar-refractivity contribution in [2.24, 2.45) is 5.92 Å². The molecule has 0 N–H and O–H groups in total. The van der Waals surface area contributed by atoms with E-state index in [1.165, 1.54) is 0 Å². The highest BCUT2D eigenvalue weighted by atomic mass is 16.5. The van der Waals surface area contributed by atoms with Gasteiger partial charge in [0.2, 0.25) is 0 Å². The van der Waals surface area contributed by atoms with Gasteiger partial charge in [0.1, 0.15) is 6.33 Å². The van der Waals surface area contributed by atoms with E-state index in [-0.39, 0.29) is 0 Å². The lowest BCUT2D eigenvalue weighted by Gasteiger charge is -2.33. The zero-order chi connectivity index (χ0) is 14.7. The van der Waals surface area contributed by atoms with E-state index in [0.29, 0.717) is 5.92 Å². The molecule has 0 unspecified atom stereocenters. The maximum atomic E-state index is 5.46. The normalized spacial score (nSPS) is 16.2. The van der Waals surface area contributed by atoms with E-state index in [0.717, 1.165) is 49.7 Å². The molecule has 0 spiro atoms. The fraction of sp³-hybridized carbons (Fsp3) is 0.533. The van der Waals surface area contributed by atoms with Crippen LogP contribution in [0.3, 0.4) is 0 Å². The van der Waals surface area contributed by atoms with Crippen LogP contribution in [0.5, 0.6) is 5.75 Å². The summed E-state index contributed by atoms with van der Waals surface area (Å²) in [5, 5.41) is 4.29. The predicted octanol–water partition coefficient (Wildman–Crippen LogP) is 1.91. The fourth-order valence-electron chi connectivity index (χ4n) is 2.91. The first-order valence-corrected chi connectivity index (χ1v) is 7.36. The minimum atomic E-state index is 0.676. The standard InChI is InChI=1S/C15H21N5O/c1-12-14(21-2)15(17-11-16-12)19-8-4-13(5-9-19)10-20-7-3-6-18-20/h3,6-7,11,13H,4-5,8-10H2,1-2H3. The first kappa shape index (κ1) is 13.9. The SMILES string of the molecule is COc1c(C)ncnc1N1CCC(Cn2cccn2)CC1. The molecule has 1 fully saturated rings. The molecular formula is C15H21N5O. The molecule has 3 rings (SSSR count). The molecule has 2 aromatic rings. The summed E-state index contributed by atoms with van der Waals surface area (Å²) in [7, 11) is 1.68. The molecule has 1 saturated heterocycles. The molecule has 0 saturated carbocycles. The maximum Gasteiger partial charge on any atom is 0.182 e. The maximum absolute atomic E-state index is 5.46. The molecule has 6 nitrogen and oxygen atoms in total. The van der Waals surface area contributed by atoms with Crippen molar-refractivity contribution in [3.05, 3.63) is 30.5 Å². The van der Waals surface area contributed by atoms with Gasteiger partial charge in [-0.2, -0.15) is 5.10 Å². The Morgan fingerprint density at radius 3 is 2.76 bits per heavy atom. The summed E-state index contributed by atoms with van der Waals surface area (Å²) in [5.41, 5.74) is 0.890. The van der Waals surface area contributed by atoms with E-state index in [9.17, 15) is 0 Å². The van der Waals surface area contributed by atoms with E-state index < -0.39 is 0 Å². The van der Waals surface area contributed by atoms with Crippen LogP contribution in [-0.2, 0) is 6.54 Å². The summed E-state index contributed by atoms with van der Waals surface area (Å²) in [4.78, 5) is 10.9. The molecule has 0 aromatic carbocycles. The molecule has 0 atom stereocenters. The van der Waals surface area contributed by atoms with Gasteiger partial charge in [-0.15, -0.1) is 0 Å². The van der Waals surface area contributed by atoms with Crippen LogP contribution in [0.4, 0.5) is 5.82 Å². The number of nitrogens with zero attached hydrogens (tertiary/aromatic N) is 5. The van der Waals surface area contributed by atoms with Crippen LogP contribution in [0.1, 0.15) is 18.5 Å². The highest BCUT2D eigenvalue weighted by molar-refractivity contribution is 5.54.